The van der Waals surface area contributed by atoms with Gasteiger partial charge in [0.1, 0.15) is 5.82 Å². The Morgan fingerprint density at radius 1 is 1.26 bits per heavy atom. The lowest BCUT2D eigenvalue weighted by molar-refractivity contribution is 0.180. The summed E-state index contributed by atoms with van der Waals surface area (Å²) in [5, 5.41) is 16.1. The van der Waals surface area contributed by atoms with Crippen LogP contribution >= 0.6 is 0 Å². The molecule has 3 aromatic heterocycles. The van der Waals surface area contributed by atoms with Crippen molar-refractivity contribution in [2.24, 2.45) is 0 Å². The van der Waals surface area contributed by atoms with Crippen molar-refractivity contribution in [3.8, 4) is 0 Å². The highest BCUT2D eigenvalue weighted by atomic mass is 16.2. The van der Waals surface area contributed by atoms with Crippen LogP contribution < -0.4 is 5.32 Å². The van der Waals surface area contributed by atoms with Crippen LogP contribution in [0.15, 0.2) is 30.6 Å². The molecule has 0 radical (unpaired) electrons. The zero-order valence-electron chi connectivity index (χ0n) is 15.8. The fraction of sp³-hybridized carbons (Fsp3) is 0.474. The van der Waals surface area contributed by atoms with Crippen LogP contribution in [0.5, 0.6) is 0 Å². The van der Waals surface area contributed by atoms with Gasteiger partial charge >= 0.3 is 6.03 Å². The number of aromatic nitrogens is 5. The summed E-state index contributed by atoms with van der Waals surface area (Å²) in [5.41, 5.74) is 2.90. The van der Waals surface area contributed by atoms with Crippen LogP contribution in [-0.2, 0) is 13.1 Å². The van der Waals surface area contributed by atoms with E-state index in [1.165, 1.54) is 0 Å². The summed E-state index contributed by atoms with van der Waals surface area (Å²) in [6.45, 7) is 6.83. The fourth-order valence-electron chi connectivity index (χ4n) is 3.66. The summed E-state index contributed by atoms with van der Waals surface area (Å²) in [7, 11) is 0. The smallest absolute Gasteiger partial charge is 0.317 e. The molecule has 8 nitrogen and oxygen atoms in total. The molecule has 1 N–H and O–H groups in total. The van der Waals surface area contributed by atoms with E-state index in [0.717, 1.165) is 55.2 Å². The zero-order valence-corrected chi connectivity index (χ0v) is 15.8. The molecule has 0 bridgehead atoms. The van der Waals surface area contributed by atoms with Gasteiger partial charge in [-0.1, -0.05) is 6.07 Å². The van der Waals surface area contributed by atoms with Crippen molar-refractivity contribution in [1.29, 1.82) is 0 Å². The molecule has 0 saturated carbocycles. The van der Waals surface area contributed by atoms with Gasteiger partial charge in [-0.3, -0.25) is 9.08 Å². The number of piperidine rings is 1. The van der Waals surface area contributed by atoms with E-state index in [9.17, 15) is 4.79 Å². The molecule has 4 rings (SSSR count). The monoisotopic (exact) mass is 367 g/mol. The van der Waals surface area contributed by atoms with Crippen molar-refractivity contribution in [2.45, 2.75) is 45.7 Å². The second-order valence-corrected chi connectivity index (χ2v) is 7.00. The largest absolute Gasteiger partial charge is 0.334 e. The van der Waals surface area contributed by atoms with E-state index < -0.39 is 0 Å². The van der Waals surface area contributed by atoms with Crippen molar-refractivity contribution in [2.75, 3.05) is 13.1 Å². The molecule has 27 heavy (non-hydrogen) atoms. The summed E-state index contributed by atoms with van der Waals surface area (Å²) in [6, 6.07) is 5.91. The Balaban J connectivity index is 1.33. The van der Waals surface area contributed by atoms with Crippen molar-refractivity contribution in [3.05, 3.63) is 47.7 Å². The van der Waals surface area contributed by atoms with E-state index in [-0.39, 0.29) is 6.03 Å². The topological polar surface area (TPSA) is 80.4 Å². The maximum atomic E-state index is 12.5. The maximum absolute atomic E-state index is 12.5. The molecule has 8 heteroatoms. The van der Waals surface area contributed by atoms with Gasteiger partial charge in [0.15, 0.2) is 5.65 Å². The molecule has 0 aliphatic carbocycles. The number of fused-ring (bicyclic) bond motifs is 1. The summed E-state index contributed by atoms with van der Waals surface area (Å²) >= 11 is 0. The van der Waals surface area contributed by atoms with Crippen LogP contribution in [0.4, 0.5) is 4.79 Å². The minimum atomic E-state index is -0.0109. The third kappa shape index (κ3) is 3.51. The Hall–Kier alpha value is -2.90. The Morgan fingerprint density at radius 3 is 2.81 bits per heavy atom. The quantitative estimate of drug-likeness (QED) is 0.767. The van der Waals surface area contributed by atoms with E-state index in [1.807, 2.05) is 47.1 Å². The highest BCUT2D eigenvalue weighted by molar-refractivity contribution is 5.74. The number of urea groups is 1. The van der Waals surface area contributed by atoms with Gasteiger partial charge in [0, 0.05) is 50.1 Å². The Bertz CT molecular complexity index is 937. The lowest BCUT2D eigenvalue weighted by Gasteiger charge is -2.31. The number of rotatable bonds is 4. The Morgan fingerprint density at radius 2 is 2.07 bits per heavy atom. The molecule has 2 amide bonds. The van der Waals surface area contributed by atoms with Crippen LogP contribution in [0.1, 0.15) is 42.8 Å². The molecule has 0 atom stereocenters. The van der Waals surface area contributed by atoms with Crippen LogP contribution in [-0.4, -0.2) is 48.4 Å². The highest BCUT2D eigenvalue weighted by Crippen LogP contribution is 2.27. The van der Waals surface area contributed by atoms with E-state index in [4.69, 9.17) is 0 Å². The molecule has 0 unspecified atom stereocenters. The number of aryl methyl sites for hydroxylation is 2. The molecular weight excluding hydrogens is 342 g/mol. The normalized spacial score (nSPS) is 15.4. The molecule has 142 valence electrons. The molecule has 1 fully saturated rings. The van der Waals surface area contributed by atoms with Crippen LogP contribution in [0.2, 0.25) is 0 Å². The zero-order chi connectivity index (χ0) is 18.8. The molecular formula is C19H25N7O. The van der Waals surface area contributed by atoms with Gasteiger partial charge in [-0.05, 0) is 38.8 Å². The Kier molecular flexibility index (Phi) is 4.79. The van der Waals surface area contributed by atoms with E-state index in [1.54, 1.807) is 0 Å². The second kappa shape index (κ2) is 7.38. The number of hydrogen-bond acceptors (Lipinski definition) is 4. The summed E-state index contributed by atoms with van der Waals surface area (Å²) in [6.07, 6.45) is 5.80. The highest BCUT2D eigenvalue weighted by Gasteiger charge is 2.26. The van der Waals surface area contributed by atoms with E-state index >= 15 is 0 Å². The van der Waals surface area contributed by atoms with Crippen LogP contribution in [0.25, 0.3) is 5.65 Å². The third-order valence-corrected chi connectivity index (χ3v) is 5.29. The predicted octanol–water partition coefficient (Wildman–Crippen LogP) is 2.34. The SMILES string of the molecule is CCn1cc(CNC(=O)N2CCC(c3nnc4ccccn34)CC2)c(C)n1. The molecule has 0 spiro atoms. The van der Waals surface area contributed by atoms with Gasteiger partial charge in [-0.15, -0.1) is 10.2 Å². The second-order valence-electron chi connectivity index (χ2n) is 7.00. The van der Waals surface area contributed by atoms with Crippen molar-refractivity contribution in [1.82, 2.24) is 34.6 Å². The van der Waals surface area contributed by atoms with Gasteiger partial charge in [0.05, 0.1) is 5.69 Å². The van der Waals surface area contributed by atoms with Crippen LogP contribution in [0.3, 0.4) is 0 Å². The molecule has 0 aromatic carbocycles. The van der Waals surface area contributed by atoms with Crippen molar-refractivity contribution >= 4 is 11.7 Å². The lowest BCUT2D eigenvalue weighted by Crippen LogP contribution is -2.44. The summed E-state index contributed by atoms with van der Waals surface area (Å²) in [4.78, 5) is 14.4. The summed E-state index contributed by atoms with van der Waals surface area (Å²) in [5.74, 6) is 1.32. The maximum Gasteiger partial charge on any atom is 0.317 e. The van der Waals surface area contributed by atoms with Crippen molar-refractivity contribution < 1.29 is 4.79 Å². The molecule has 1 saturated heterocycles. The fourth-order valence-corrected chi connectivity index (χ4v) is 3.66. The first kappa shape index (κ1) is 17.5. The Labute approximate surface area is 158 Å². The third-order valence-electron chi connectivity index (χ3n) is 5.29. The molecule has 3 aromatic rings. The first-order valence-electron chi connectivity index (χ1n) is 9.51. The number of nitrogens with one attached hydrogen (secondary N) is 1. The van der Waals surface area contributed by atoms with E-state index in [0.29, 0.717) is 12.5 Å². The summed E-state index contributed by atoms with van der Waals surface area (Å²) < 4.78 is 3.94. The minimum Gasteiger partial charge on any atom is -0.334 e. The average Bonchev–Trinajstić information content (AvgIpc) is 3.29. The standard InChI is InChI=1S/C19H25N7O/c1-3-25-13-16(14(2)23-25)12-20-19(27)24-10-7-15(8-11-24)18-22-21-17-6-4-5-9-26(17)18/h4-6,9,13,15H,3,7-8,10-12H2,1-2H3,(H,20,27). The first-order valence-corrected chi connectivity index (χ1v) is 9.51. The van der Waals surface area contributed by atoms with E-state index in [2.05, 4.69) is 31.9 Å². The predicted molar refractivity (Wildman–Crippen MR) is 101 cm³/mol. The first-order chi connectivity index (χ1) is 13.2. The van der Waals surface area contributed by atoms with Crippen LogP contribution in [0, 0.1) is 6.92 Å². The number of hydrogen-bond donors (Lipinski definition) is 1. The van der Waals surface area contributed by atoms with Gasteiger partial charge < -0.3 is 10.2 Å². The van der Waals surface area contributed by atoms with Crippen molar-refractivity contribution in [3.63, 3.8) is 0 Å². The number of nitrogens with zero attached hydrogens (tertiary/aromatic N) is 6. The number of pyridine rings is 1. The molecule has 1 aliphatic heterocycles. The molecule has 1 aliphatic rings. The lowest BCUT2D eigenvalue weighted by atomic mass is 9.96. The van der Waals surface area contributed by atoms with Gasteiger partial charge in [0.25, 0.3) is 0 Å². The number of carbonyl (C=O) groups is 1. The number of amides is 2. The number of carbonyl (C=O) groups excluding carboxylic acids is 1. The number of likely N-dealkylation sites (tertiary alicyclic amines) is 1. The van der Waals surface area contributed by atoms with Gasteiger partial charge in [-0.2, -0.15) is 5.10 Å². The van der Waals surface area contributed by atoms with Gasteiger partial charge in [0.2, 0.25) is 0 Å². The molecule has 4 heterocycles. The van der Waals surface area contributed by atoms with Gasteiger partial charge in [-0.25, -0.2) is 4.79 Å². The minimum absolute atomic E-state index is 0.0109. The average molecular weight is 367 g/mol.